The van der Waals surface area contributed by atoms with Gasteiger partial charge in [-0.05, 0) is 51.4 Å². The molecule has 2 N–H and O–H groups in total. The van der Waals surface area contributed by atoms with Crippen LogP contribution in [0.1, 0.15) is 156 Å². The van der Waals surface area contributed by atoms with Crippen LogP contribution in [-0.2, 0) is 19.1 Å². The minimum Gasteiger partial charge on any atom is -0.466 e. The molecule has 0 heterocycles. The van der Waals surface area contributed by atoms with Crippen LogP contribution >= 0.6 is 11.8 Å². The van der Waals surface area contributed by atoms with Crippen molar-refractivity contribution in [3.05, 3.63) is 0 Å². The summed E-state index contributed by atoms with van der Waals surface area (Å²) in [4.78, 5) is 40.9. The second-order valence-corrected chi connectivity index (χ2v) is 14.8. The number of nitrogens with one attached hydrogen (secondary N) is 2. The fraction of sp³-hybridized carbons (Fsp3) is 0.919. The van der Waals surface area contributed by atoms with Gasteiger partial charge in [0.1, 0.15) is 6.04 Å². The van der Waals surface area contributed by atoms with Crippen molar-refractivity contribution in [2.24, 2.45) is 11.8 Å². The maximum absolute atomic E-state index is 13.5. The Labute approximate surface area is 282 Å². The third-order valence-electron chi connectivity index (χ3n) is 8.36. The van der Waals surface area contributed by atoms with Gasteiger partial charge in [0.25, 0.3) is 0 Å². The molecule has 0 aromatic carbocycles. The van der Waals surface area contributed by atoms with Crippen molar-refractivity contribution in [2.75, 3.05) is 45.3 Å². The Balaban J connectivity index is 4.72. The summed E-state index contributed by atoms with van der Waals surface area (Å²) in [6.45, 7) is 10.8. The highest BCUT2D eigenvalue weighted by molar-refractivity contribution is 7.99. The average molecular weight is 656 g/mol. The van der Waals surface area contributed by atoms with Gasteiger partial charge >= 0.3 is 5.97 Å². The van der Waals surface area contributed by atoms with Crippen LogP contribution in [0.2, 0.25) is 0 Å². The number of hydrogen-bond acceptors (Lipinski definition) is 6. The summed E-state index contributed by atoms with van der Waals surface area (Å²) in [6, 6.07) is -0.553. The van der Waals surface area contributed by atoms with E-state index in [2.05, 4.69) is 38.3 Å². The maximum Gasteiger partial charge on any atom is 0.306 e. The predicted octanol–water partition coefficient (Wildman–Crippen LogP) is 8.54. The lowest BCUT2D eigenvalue weighted by Gasteiger charge is -2.23. The Kier molecular flexibility index (Phi) is 30.4. The second-order valence-electron chi connectivity index (χ2n) is 13.6. The molecule has 0 aliphatic rings. The monoisotopic (exact) mass is 656 g/mol. The molecule has 0 aliphatic heterocycles. The van der Waals surface area contributed by atoms with Gasteiger partial charge in [0.2, 0.25) is 11.8 Å². The molecule has 0 spiro atoms. The topological polar surface area (TPSA) is 87.7 Å². The Hall–Kier alpha value is -1.28. The molecule has 2 atom stereocenters. The lowest BCUT2D eigenvalue weighted by Crippen LogP contribution is -2.49. The average Bonchev–Trinajstić information content (AvgIpc) is 2.99. The summed E-state index contributed by atoms with van der Waals surface area (Å²) < 4.78 is 5.42. The molecular formula is C37H73N3O4S. The van der Waals surface area contributed by atoms with Gasteiger partial charge in [0.15, 0.2) is 0 Å². The third kappa shape index (κ3) is 28.7. The Morgan fingerprint density at radius 3 is 1.84 bits per heavy atom. The molecule has 0 fully saturated rings. The largest absolute Gasteiger partial charge is 0.466 e. The van der Waals surface area contributed by atoms with Gasteiger partial charge in [0, 0.05) is 24.8 Å². The van der Waals surface area contributed by atoms with Crippen LogP contribution in [0.15, 0.2) is 0 Å². The van der Waals surface area contributed by atoms with E-state index >= 15 is 0 Å². The molecule has 0 radical (unpaired) electrons. The van der Waals surface area contributed by atoms with Gasteiger partial charge in [-0.15, -0.1) is 0 Å². The van der Waals surface area contributed by atoms with E-state index in [4.69, 9.17) is 4.74 Å². The van der Waals surface area contributed by atoms with Crippen LogP contribution < -0.4 is 10.6 Å². The van der Waals surface area contributed by atoms with Crippen molar-refractivity contribution in [1.29, 1.82) is 0 Å². The highest BCUT2D eigenvalue weighted by Crippen LogP contribution is 2.20. The van der Waals surface area contributed by atoms with Crippen LogP contribution in [0, 0.1) is 11.8 Å². The first kappa shape index (κ1) is 43.7. The second kappa shape index (κ2) is 31.3. The zero-order valence-corrected chi connectivity index (χ0v) is 31.2. The van der Waals surface area contributed by atoms with E-state index in [1.54, 1.807) is 11.8 Å². The van der Waals surface area contributed by atoms with E-state index in [0.29, 0.717) is 37.5 Å². The van der Waals surface area contributed by atoms with Gasteiger partial charge in [-0.2, -0.15) is 11.8 Å². The molecule has 7 nitrogen and oxygen atoms in total. The van der Waals surface area contributed by atoms with Crippen molar-refractivity contribution in [3.63, 3.8) is 0 Å². The highest BCUT2D eigenvalue weighted by Gasteiger charge is 2.25. The smallest absolute Gasteiger partial charge is 0.306 e. The van der Waals surface area contributed by atoms with E-state index in [0.717, 1.165) is 57.4 Å². The van der Waals surface area contributed by atoms with E-state index in [-0.39, 0.29) is 23.7 Å². The summed E-state index contributed by atoms with van der Waals surface area (Å²) in [5.74, 6) is 1.88. The van der Waals surface area contributed by atoms with Gasteiger partial charge in [0.05, 0.1) is 13.0 Å². The van der Waals surface area contributed by atoms with E-state index in [9.17, 15) is 14.4 Å². The van der Waals surface area contributed by atoms with E-state index < -0.39 is 6.04 Å². The van der Waals surface area contributed by atoms with Crippen molar-refractivity contribution in [2.45, 2.75) is 162 Å². The van der Waals surface area contributed by atoms with E-state index in [1.807, 2.05) is 19.0 Å². The van der Waals surface area contributed by atoms with Crippen molar-refractivity contribution in [3.8, 4) is 0 Å². The first-order valence-corrected chi connectivity index (χ1v) is 19.8. The van der Waals surface area contributed by atoms with Crippen molar-refractivity contribution in [1.82, 2.24) is 15.5 Å². The summed E-state index contributed by atoms with van der Waals surface area (Å²) in [7, 11) is 3.96. The van der Waals surface area contributed by atoms with Gasteiger partial charge in [-0.25, -0.2) is 0 Å². The SMILES string of the molecule is CCCCCCCCC(CCCCCC)C(=O)NC(CCSCCC(=O)OCCCCCCCC(C)C)C(=O)NCCN(C)C. The first-order chi connectivity index (χ1) is 21.7. The zero-order valence-electron chi connectivity index (χ0n) is 30.4. The number of amides is 2. The summed E-state index contributed by atoms with van der Waals surface area (Å²) in [5.41, 5.74) is 0. The lowest BCUT2D eigenvalue weighted by atomic mass is 9.93. The van der Waals surface area contributed by atoms with Gasteiger partial charge < -0.3 is 20.3 Å². The Morgan fingerprint density at radius 1 is 0.689 bits per heavy atom. The van der Waals surface area contributed by atoms with Gasteiger partial charge in [-0.3, -0.25) is 14.4 Å². The molecule has 0 bridgehead atoms. The predicted molar refractivity (Wildman–Crippen MR) is 194 cm³/mol. The van der Waals surface area contributed by atoms with Crippen molar-refractivity contribution < 1.29 is 19.1 Å². The third-order valence-corrected chi connectivity index (χ3v) is 9.38. The normalized spacial score (nSPS) is 12.8. The quantitative estimate of drug-likeness (QED) is 0.0558. The van der Waals surface area contributed by atoms with Crippen molar-refractivity contribution >= 4 is 29.5 Å². The number of nitrogens with zero attached hydrogens (tertiary/aromatic N) is 1. The zero-order chi connectivity index (χ0) is 33.5. The number of ether oxygens (including phenoxy) is 1. The van der Waals surface area contributed by atoms with E-state index in [1.165, 1.54) is 70.6 Å². The molecular weight excluding hydrogens is 582 g/mol. The number of hydrogen-bond donors (Lipinski definition) is 2. The maximum atomic E-state index is 13.5. The molecule has 0 aromatic rings. The number of carbonyl (C=O) groups is 3. The number of carbonyl (C=O) groups excluding carboxylic acids is 3. The van der Waals surface area contributed by atoms with Crippen LogP contribution in [0.25, 0.3) is 0 Å². The standard InChI is InChI=1S/C37H73N3O4S/c1-7-9-11-13-16-20-24-33(23-19-12-10-8-2)36(42)39-34(37(43)38-27-28-40(5)6)25-30-45-31-26-35(41)44-29-21-17-14-15-18-22-32(3)4/h32-34H,7-31H2,1-6H3,(H,38,43)(H,39,42). The van der Waals surface area contributed by atoms with Crippen LogP contribution in [-0.4, -0.2) is 74.0 Å². The minimum absolute atomic E-state index is 0.0290. The number of esters is 1. The summed E-state index contributed by atoms with van der Waals surface area (Å²) in [6.07, 6.45) is 21.7. The highest BCUT2D eigenvalue weighted by atomic mass is 32.2. The van der Waals surface area contributed by atoms with Crippen LogP contribution in [0.3, 0.4) is 0 Å². The lowest BCUT2D eigenvalue weighted by molar-refractivity contribution is -0.143. The minimum atomic E-state index is -0.553. The fourth-order valence-electron chi connectivity index (χ4n) is 5.38. The molecule has 266 valence electrons. The molecule has 8 heteroatoms. The van der Waals surface area contributed by atoms with Crippen LogP contribution in [0.4, 0.5) is 0 Å². The van der Waals surface area contributed by atoms with Crippen LogP contribution in [0.5, 0.6) is 0 Å². The molecule has 0 saturated heterocycles. The molecule has 2 unspecified atom stereocenters. The van der Waals surface area contributed by atoms with Gasteiger partial charge in [-0.1, -0.05) is 124 Å². The fourth-order valence-corrected chi connectivity index (χ4v) is 6.30. The molecule has 0 aromatic heterocycles. The Morgan fingerprint density at radius 2 is 1.24 bits per heavy atom. The number of thioether (sulfide) groups is 1. The molecule has 0 aliphatic carbocycles. The molecule has 0 saturated carbocycles. The molecule has 45 heavy (non-hydrogen) atoms. The number of unbranched alkanes of at least 4 members (excludes halogenated alkanes) is 12. The summed E-state index contributed by atoms with van der Waals surface area (Å²) in [5, 5.41) is 6.17. The Bertz CT molecular complexity index is 720. The summed E-state index contributed by atoms with van der Waals surface area (Å²) >= 11 is 1.65. The first-order valence-electron chi connectivity index (χ1n) is 18.7. The molecule has 2 amide bonds. The molecule has 0 rings (SSSR count). The number of rotatable bonds is 32. The number of likely N-dealkylation sites (N-methyl/N-ethyl adjacent to an activating group) is 1.